The molecule has 3 heterocycles. The number of aromatic nitrogens is 1. The molecule has 0 saturated carbocycles. The summed E-state index contributed by atoms with van der Waals surface area (Å²) in [5, 5.41) is 4.92. The molecular formula is C21H23F3N4OS. The number of rotatable bonds is 4. The number of amidine groups is 1. The minimum absolute atomic E-state index is 0.244. The zero-order valence-electron chi connectivity index (χ0n) is 16.8. The quantitative estimate of drug-likeness (QED) is 0.731. The lowest BCUT2D eigenvalue weighted by atomic mass is 10.1. The molecule has 5 nitrogen and oxygen atoms in total. The molecule has 1 saturated heterocycles. The first-order valence-corrected chi connectivity index (χ1v) is 10.8. The van der Waals surface area contributed by atoms with E-state index in [-0.39, 0.29) is 11.8 Å². The van der Waals surface area contributed by atoms with Crippen molar-refractivity contribution in [1.82, 2.24) is 9.99 Å². The van der Waals surface area contributed by atoms with Crippen LogP contribution >= 0.6 is 11.8 Å². The van der Waals surface area contributed by atoms with E-state index in [1.54, 1.807) is 6.07 Å². The first kappa shape index (κ1) is 21.0. The third-order valence-electron chi connectivity index (χ3n) is 5.33. The predicted molar refractivity (Wildman–Crippen MR) is 114 cm³/mol. The Balaban J connectivity index is 1.50. The molecule has 1 N–H and O–H groups in total. The van der Waals surface area contributed by atoms with Gasteiger partial charge in [-0.2, -0.15) is 18.3 Å². The summed E-state index contributed by atoms with van der Waals surface area (Å²) in [6.45, 7) is 5.83. The fraction of sp³-hybridized carbons (Fsp3) is 0.429. The van der Waals surface area contributed by atoms with Crippen molar-refractivity contribution in [3.05, 3.63) is 52.8 Å². The average Bonchev–Trinajstić information content (AvgIpc) is 3.32. The van der Waals surface area contributed by atoms with Crippen molar-refractivity contribution in [3.63, 3.8) is 0 Å². The molecule has 9 heteroatoms. The van der Waals surface area contributed by atoms with Crippen molar-refractivity contribution in [1.29, 1.82) is 0 Å². The van der Waals surface area contributed by atoms with Crippen molar-refractivity contribution in [2.75, 3.05) is 12.4 Å². The Hall–Kier alpha value is -2.26. The molecule has 0 spiro atoms. The van der Waals surface area contributed by atoms with Crippen LogP contribution in [0.3, 0.4) is 0 Å². The van der Waals surface area contributed by atoms with Crippen LogP contribution in [0.1, 0.15) is 35.4 Å². The number of thioether (sulfide) groups is 1. The Bertz CT molecular complexity index is 991. The van der Waals surface area contributed by atoms with Crippen LogP contribution in [-0.4, -0.2) is 33.9 Å². The number of benzene rings is 1. The lowest BCUT2D eigenvalue weighted by Crippen LogP contribution is -2.25. The zero-order chi connectivity index (χ0) is 21.3. The van der Waals surface area contributed by atoms with Gasteiger partial charge < -0.3 is 9.30 Å². The molecule has 1 aromatic heterocycles. The van der Waals surface area contributed by atoms with Crippen LogP contribution < -0.4 is 5.43 Å². The summed E-state index contributed by atoms with van der Waals surface area (Å²) < 4.78 is 46.7. The van der Waals surface area contributed by atoms with Crippen molar-refractivity contribution < 1.29 is 17.9 Å². The number of aryl methyl sites for hydroxylation is 1. The smallest absolute Gasteiger partial charge is 0.376 e. The van der Waals surface area contributed by atoms with Gasteiger partial charge in [0.2, 0.25) is 0 Å². The molecule has 2 aliphatic rings. The van der Waals surface area contributed by atoms with Crippen LogP contribution in [0.5, 0.6) is 0 Å². The minimum Gasteiger partial charge on any atom is -0.376 e. The maximum absolute atomic E-state index is 12.9. The summed E-state index contributed by atoms with van der Waals surface area (Å²) in [5.41, 5.74) is 6.69. The van der Waals surface area contributed by atoms with E-state index in [1.165, 1.54) is 17.8 Å². The van der Waals surface area contributed by atoms with Gasteiger partial charge in [0.1, 0.15) is 0 Å². The largest absolute Gasteiger partial charge is 0.416 e. The third-order valence-corrected chi connectivity index (χ3v) is 6.20. The number of ether oxygens (including phenoxy) is 1. The van der Waals surface area contributed by atoms with Crippen LogP contribution in [0.2, 0.25) is 0 Å². The van der Waals surface area contributed by atoms with Gasteiger partial charge in [-0.05, 0) is 51.0 Å². The van der Waals surface area contributed by atoms with Crippen molar-refractivity contribution in [2.24, 2.45) is 10.1 Å². The Kier molecular flexibility index (Phi) is 5.92. The number of hydrogen-bond acceptors (Lipinski definition) is 4. The first-order valence-electron chi connectivity index (χ1n) is 9.81. The number of nitrogens with zero attached hydrogens (tertiary/aromatic N) is 3. The van der Waals surface area contributed by atoms with Gasteiger partial charge in [0.05, 0.1) is 23.1 Å². The van der Waals surface area contributed by atoms with Crippen LogP contribution in [0.15, 0.2) is 40.4 Å². The van der Waals surface area contributed by atoms with Crippen LogP contribution in [-0.2, 0) is 17.5 Å². The summed E-state index contributed by atoms with van der Waals surface area (Å²) in [6.07, 6.45) is -1.94. The zero-order valence-corrected chi connectivity index (χ0v) is 17.6. The number of hydrogen-bond donors (Lipinski definition) is 1. The Morgan fingerprint density at radius 3 is 2.80 bits per heavy atom. The molecule has 160 valence electrons. The predicted octanol–water partition coefficient (Wildman–Crippen LogP) is 5.03. The normalized spacial score (nSPS) is 21.0. The molecule has 0 aliphatic carbocycles. The van der Waals surface area contributed by atoms with Crippen LogP contribution in [0, 0.1) is 13.8 Å². The highest BCUT2D eigenvalue weighted by Gasteiger charge is 2.30. The Labute approximate surface area is 177 Å². The SMILES string of the molecule is Cc1cc(C2=NNC(=Nc3cccc(C(F)(F)F)c3)SC2)c(C)n1C[C@H]1CCCO1. The maximum Gasteiger partial charge on any atom is 0.416 e. The second-order valence-electron chi connectivity index (χ2n) is 7.45. The highest BCUT2D eigenvalue weighted by molar-refractivity contribution is 8.14. The highest BCUT2D eigenvalue weighted by atomic mass is 32.2. The van der Waals surface area contributed by atoms with Gasteiger partial charge in [-0.15, -0.1) is 0 Å². The molecule has 1 fully saturated rings. The van der Waals surface area contributed by atoms with Gasteiger partial charge >= 0.3 is 6.18 Å². The second-order valence-corrected chi connectivity index (χ2v) is 8.42. The highest BCUT2D eigenvalue weighted by Crippen LogP contribution is 2.32. The van der Waals surface area contributed by atoms with E-state index >= 15 is 0 Å². The second kappa shape index (κ2) is 8.47. The van der Waals surface area contributed by atoms with Crippen molar-refractivity contribution in [2.45, 2.75) is 45.5 Å². The molecule has 2 aromatic rings. The van der Waals surface area contributed by atoms with E-state index in [2.05, 4.69) is 40.0 Å². The number of halogens is 3. The summed E-state index contributed by atoms with van der Waals surface area (Å²) in [6, 6.07) is 7.09. The molecule has 0 amide bonds. The lowest BCUT2D eigenvalue weighted by Gasteiger charge is -2.17. The average molecular weight is 437 g/mol. The summed E-state index contributed by atoms with van der Waals surface area (Å²) >= 11 is 1.42. The third kappa shape index (κ3) is 4.57. The molecule has 0 radical (unpaired) electrons. The van der Waals surface area contributed by atoms with E-state index in [1.807, 2.05) is 0 Å². The molecule has 2 aliphatic heterocycles. The van der Waals surface area contributed by atoms with E-state index in [0.717, 1.165) is 60.8 Å². The molecule has 1 aromatic carbocycles. The Morgan fingerprint density at radius 2 is 2.13 bits per heavy atom. The number of alkyl halides is 3. The molecular weight excluding hydrogens is 413 g/mol. The van der Waals surface area contributed by atoms with E-state index in [4.69, 9.17) is 4.74 Å². The number of nitrogens with one attached hydrogen (secondary N) is 1. The standard InChI is InChI=1S/C21H23F3N4OS/c1-13-9-18(14(2)28(13)11-17-7-4-8-29-17)19-12-30-20(27-26-19)25-16-6-3-5-15(10-16)21(22,23)24/h3,5-6,9-10,17H,4,7-8,11-12H2,1-2H3,(H,25,27)/t17-/m1/s1. The number of aliphatic imine (C=N–C) groups is 1. The molecule has 0 bridgehead atoms. The van der Waals surface area contributed by atoms with E-state index in [9.17, 15) is 13.2 Å². The maximum atomic E-state index is 12.9. The molecule has 4 rings (SSSR count). The Morgan fingerprint density at radius 1 is 1.30 bits per heavy atom. The van der Waals surface area contributed by atoms with Gasteiger partial charge in [0.15, 0.2) is 5.17 Å². The molecule has 0 unspecified atom stereocenters. The number of hydrazone groups is 1. The first-order chi connectivity index (χ1) is 14.3. The van der Waals surface area contributed by atoms with Gasteiger partial charge in [0, 0.05) is 35.9 Å². The topological polar surface area (TPSA) is 50.9 Å². The van der Waals surface area contributed by atoms with Crippen molar-refractivity contribution in [3.8, 4) is 0 Å². The van der Waals surface area contributed by atoms with Gasteiger partial charge in [-0.25, -0.2) is 4.99 Å². The van der Waals surface area contributed by atoms with E-state index < -0.39 is 11.7 Å². The summed E-state index contributed by atoms with van der Waals surface area (Å²) in [4.78, 5) is 4.27. The summed E-state index contributed by atoms with van der Waals surface area (Å²) in [7, 11) is 0. The monoisotopic (exact) mass is 436 g/mol. The fourth-order valence-electron chi connectivity index (χ4n) is 3.75. The minimum atomic E-state index is -4.39. The van der Waals surface area contributed by atoms with Gasteiger partial charge in [-0.3, -0.25) is 5.43 Å². The lowest BCUT2D eigenvalue weighted by molar-refractivity contribution is -0.137. The van der Waals surface area contributed by atoms with Crippen LogP contribution in [0.25, 0.3) is 0 Å². The van der Waals surface area contributed by atoms with Crippen molar-refractivity contribution >= 4 is 28.3 Å². The summed E-state index contributed by atoms with van der Waals surface area (Å²) in [5.74, 6) is 0.592. The van der Waals surface area contributed by atoms with E-state index in [0.29, 0.717) is 10.9 Å². The fourth-order valence-corrected chi connectivity index (χ4v) is 4.52. The molecule has 1 atom stereocenters. The van der Waals surface area contributed by atoms with Gasteiger partial charge in [0.25, 0.3) is 0 Å². The molecule has 30 heavy (non-hydrogen) atoms. The van der Waals surface area contributed by atoms with Gasteiger partial charge in [-0.1, -0.05) is 17.8 Å². The van der Waals surface area contributed by atoms with Crippen LogP contribution in [0.4, 0.5) is 18.9 Å².